The molecule has 1 aromatic carbocycles. The predicted octanol–water partition coefficient (Wildman–Crippen LogP) is 2.48. The van der Waals surface area contributed by atoms with Gasteiger partial charge in [0.15, 0.2) is 0 Å². The summed E-state index contributed by atoms with van der Waals surface area (Å²) < 4.78 is 0. The van der Waals surface area contributed by atoms with Gasteiger partial charge in [-0.05, 0) is 68.6 Å². The lowest BCUT2D eigenvalue weighted by Gasteiger charge is -2.49. The van der Waals surface area contributed by atoms with Gasteiger partial charge in [0.05, 0.1) is 0 Å². The number of aromatic amines is 1. The summed E-state index contributed by atoms with van der Waals surface area (Å²) in [5.41, 5.74) is 9.04. The van der Waals surface area contributed by atoms with Gasteiger partial charge in [0.25, 0.3) is 5.91 Å². The lowest BCUT2D eigenvalue weighted by Crippen LogP contribution is -2.62. The van der Waals surface area contributed by atoms with E-state index < -0.39 is 0 Å². The Morgan fingerprint density at radius 2 is 1.88 bits per heavy atom. The van der Waals surface area contributed by atoms with E-state index in [-0.39, 0.29) is 11.9 Å². The Labute approximate surface area is 142 Å². The van der Waals surface area contributed by atoms with Gasteiger partial charge in [-0.25, -0.2) is 0 Å². The van der Waals surface area contributed by atoms with Crippen LogP contribution in [0.5, 0.6) is 0 Å². The highest BCUT2D eigenvalue weighted by Gasteiger charge is 2.40. The standard InChI is InChI=1S/C19H24N4O/c1-12-18(14-8-10-23(12)11-9-14)22-19(24)17-7-6-16(21-17)13-2-4-15(20)5-3-13/h2-7,12,14,18,21H,8-11,20H2,1H3,(H,22,24)/t12-,18+/m1/s1. The third-order valence-corrected chi connectivity index (χ3v) is 5.63. The summed E-state index contributed by atoms with van der Waals surface area (Å²) in [6.45, 7) is 4.56. The van der Waals surface area contributed by atoms with E-state index in [1.165, 1.54) is 25.9 Å². The zero-order valence-electron chi connectivity index (χ0n) is 14.0. The third kappa shape index (κ3) is 2.69. The number of nitrogens with one attached hydrogen (secondary N) is 2. The number of nitrogens with two attached hydrogens (primary N) is 1. The SMILES string of the molecule is C[C@@H]1[C@H](NC(=O)c2ccc(-c3ccc(N)cc3)[nH]2)C2CCN1CC2. The predicted molar refractivity (Wildman–Crippen MR) is 95.7 cm³/mol. The molecular formula is C19H24N4O. The number of hydrogen-bond donors (Lipinski definition) is 3. The maximum Gasteiger partial charge on any atom is 0.267 e. The van der Waals surface area contributed by atoms with Crippen molar-refractivity contribution in [1.82, 2.24) is 15.2 Å². The van der Waals surface area contributed by atoms with E-state index in [2.05, 4.69) is 22.1 Å². The van der Waals surface area contributed by atoms with Gasteiger partial charge in [0.1, 0.15) is 5.69 Å². The highest BCUT2D eigenvalue weighted by atomic mass is 16.2. The topological polar surface area (TPSA) is 74.1 Å². The van der Waals surface area contributed by atoms with Crippen LogP contribution < -0.4 is 11.1 Å². The van der Waals surface area contributed by atoms with E-state index in [4.69, 9.17) is 5.73 Å². The maximum absolute atomic E-state index is 12.7. The van der Waals surface area contributed by atoms with Gasteiger partial charge in [-0.1, -0.05) is 12.1 Å². The van der Waals surface area contributed by atoms with Crippen LogP contribution in [0.1, 0.15) is 30.3 Å². The first-order valence-corrected chi connectivity index (χ1v) is 8.71. The van der Waals surface area contributed by atoms with Crippen molar-refractivity contribution in [3.8, 4) is 11.3 Å². The molecule has 1 amide bonds. The summed E-state index contributed by atoms with van der Waals surface area (Å²) in [7, 11) is 0. The van der Waals surface area contributed by atoms with E-state index in [1.807, 2.05) is 36.4 Å². The molecular weight excluding hydrogens is 300 g/mol. The summed E-state index contributed by atoms with van der Waals surface area (Å²) in [4.78, 5) is 18.4. The zero-order chi connectivity index (χ0) is 16.7. The van der Waals surface area contributed by atoms with E-state index in [1.54, 1.807) is 0 Å². The molecule has 2 bridgehead atoms. The Bertz CT molecular complexity index is 726. The molecule has 5 heteroatoms. The van der Waals surface area contributed by atoms with Crippen molar-refractivity contribution in [2.24, 2.45) is 5.92 Å². The number of carbonyl (C=O) groups is 1. The Morgan fingerprint density at radius 1 is 1.17 bits per heavy atom. The summed E-state index contributed by atoms with van der Waals surface area (Å²) in [5.74, 6) is 0.600. The number of rotatable bonds is 3. The Kier molecular flexibility index (Phi) is 3.81. The van der Waals surface area contributed by atoms with E-state index in [9.17, 15) is 4.79 Å². The summed E-state index contributed by atoms with van der Waals surface area (Å²) >= 11 is 0. The van der Waals surface area contributed by atoms with Crippen LogP contribution in [0.25, 0.3) is 11.3 Å². The monoisotopic (exact) mass is 324 g/mol. The minimum absolute atomic E-state index is 0.0118. The number of nitrogens with zero attached hydrogens (tertiary/aromatic N) is 1. The molecule has 0 aliphatic carbocycles. The normalized spacial score (nSPS) is 28.7. The Hall–Kier alpha value is -2.27. The summed E-state index contributed by atoms with van der Waals surface area (Å²) in [5, 5.41) is 3.26. The maximum atomic E-state index is 12.7. The smallest absolute Gasteiger partial charge is 0.267 e. The first-order valence-electron chi connectivity index (χ1n) is 8.71. The van der Waals surface area contributed by atoms with Crippen molar-refractivity contribution < 1.29 is 4.79 Å². The molecule has 4 heterocycles. The fourth-order valence-corrected chi connectivity index (χ4v) is 4.13. The van der Waals surface area contributed by atoms with Gasteiger partial charge < -0.3 is 16.0 Å². The molecule has 4 N–H and O–H groups in total. The fraction of sp³-hybridized carbons (Fsp3) is 0.421. The van der Waals surface area contributed by atoms with Crippen LogP contribution in [0.15, 0.2) is 36.4 Å². The van der Waals surface area contributed by atoms with Crippen LogP contribution >= 0.6 is 0 Å². The molecule has 2 aromatic rings. The van der Waals surface area contributed by atoms with Crippen molar-refractivity contribution in [3.05, 3.63) is 42.1 Å². The molecule has 0 spiro atoms. The van der Waals surface area contributed by atoms with Crippen LogP contribution in [-0.2, 0) is 0 Å². The van der Waals surface area contributed by atoms with Crippen LogP contribution in [0, 0.1) is 5.92 Å². The number of anilines is 1. The summed E-state index contributed by atoms with van der Waals surface area (Å²) in [6.07, 6.45) is 2.38. The van der Waals surface area contributed by atoms with Gasteiger partial charge >= 0.3 is 0 Å². The van der Waals surface area contributed by atoms with Crippen LogP contribution in [0.3, 0.4) is 0 Å². The van der Waals surface area contributed by atoms with E-state index in [0.717, 1.165) is 16.9 Å². The molecule has 5 nitrogen and oxygen atoms in total. The molecule has 0 unspecified atom stereocenters. The molecule has 0 radical (unpaired) electrons. The molecule has 126 valence electrons. The van der Waals surface area contributed by atoms with E-state index >= 15 is 0 Å². The van der Waals surface area contributed by atoms with Crippen molar-refractivity contribution >= 4 is 11.6 Å². The second kappa shape index (κ2) is 5.98. The number of fused-ring (bicyclic) bond motifs is 3. The van der Waals surface area contributed by atoms with Crippen LogP contribution in [-0.4, -0.2) is 41.0 Å². The molecule has 0 saturated carbocycles. The lowest BCUT2D eigenvalue weighted by molar-refractivity contribution is 0.0216. The van der Waals surface area contributed by atoms with Gasteiger partial charge in [-0.2, -0.15) is 0 Å². The average molecular weight is 324 g/mol. The molecule has 24 heavy (non-hydrogen) atoms. The van der Waals surface area contributed by atoms with Crippen molar-refractivity contribution in [2.45, 2.75) is 31.8 Å². The second-order valence-electron chi connectivity index (χ2n) is 7.02. The van der Waals surface area contributed by atoms with Crippen molar-refractivity contribution in [1.29, 1.82) is 0 Å². The number of benzene rings is 1. The van der Waals surface area contributed by atoms with Crippen LogP contribution in [0.2, 0.25) is 0 Å². The molecule has 2 atom stereocenters. The highest BCUT2D eigenvalue weighted by molar-refractivity contribution is 5.93. The number of aromatic nitrogens is 1. The van der Waals surface area contributed by atoms with Crippen LogP contribution in [0.4, 0.5) is 5.69 Å². The molecule has 3 fully saturated rings. The second-order valence-corrected chi connectivity index (χ2v) is 7.02. The molecule has 3 aliphatic heterocycles. The number of piperidine rings is 3. The van der Waals surface area contributed by atoms with Gasteiger partial charge in [0.2, 0.25) is 0 Å². The lowest BCUT2D eigenvalue weighted by atomic mass is 9.79. The number of carbonyl (C=O) groups excluding carboxylic acids is 1. The van der Waals surface area contributed by atoms with Crippen molar-refractivity contribution in [3.63, 3.8) is 0 Å². The largest absolute Gasteiger partial charge is 0.399 e. The summed E-state index contributed by atoms with van der Waals surface area (Å²) in [6, 6.07) is 12.1. The third-order valence-electron chi connectivity index (χ3n) is 5.63. The number of hydrogen-bond acceptors (Lipinski definition) is 3. The quantitative estimate of drug-likeness (QED) is 0.759. The van der Waals surface area contributed by atoms with Crippen molar-refractivity contribution in [2.75, 3.05) is 18.8 Å². The Balaban J connectivity index is 1.48. The fourth-order valence-electron chi connectivity index (χ4n) is 4.13. The number of amides is 1. The minimum atomic E-state index is -0.0118. The Morgan fingerprint density at radius 3 is 2.54 bits per heavy atom. The average Bonchev–Trinajstić information content (AvgIpc) is 3.09. The highest BCUT2D eigenvalue weighted by Crippen LogP contribution is 2.32. The number of nitrogen functional groups attached to an aromatic ring is 1. The molecule has 3 aliphatic rings. The minimum Gasteiger partial charge on any atom is -0.399 e. The molecule has 1 aromatic heterocycles. The zero-order valence-corrected chi connectivity index (χ0v) is 14.0. The van der Waals surface area contributed by atoms with Gasteiger partial charge in [0, 0.05) is 23.5 Å². The van der Waals surface area contributed by atoms with Gasteiger partial charge in [-0.3, -0.25) is 9.69 Å². The number of H-pyrrole nitrogens is 1. The van der Waals surface area contributed by atoms with Gasteiger partial charge in [-0.15, -0.1) is 0 Å². The first kappa shape index (κ1) is 15.3. The van der Waals surface area contributed by atoms with E-state index in [0.29, 0.717) is 17.7 Å². The first-order chi connectivity index (χ1) is 11.6. The molecule has 5 rings (SSSR count). The molecule has 3 saturated heterocycles.